The summed E-state index contributed by atoms with van der Waals surface area (Å²) in [5.74, 6) is 0.642. The Morgan fingerprint density at radius 3 is 2.57 bits per heavy atom. The molecule has 14 heavy (non-hydrogen) atoms. The average molecular weight is 195 g/mol. The van der Waals surface area contributed by atoms with Gasteiger partial charge in [0.25, 0.3) is 0 Å². The number of rotatable bonds is 5. The molecular formula is C11H21N3. The summed E-state index contributed by atoms with van der Waals surface area (Å²) in [6.07, 6.45) is 2.71. The Morgan fingerprint density at radius 1 is 1.36 bits per heavy atom. The predicted octanol–water partition coefficient (Wildman–Crippen LogP) is 1.22. The Kier molecular flexibility index (Phi) is 4.92. The number of nitrogens with one attached hydrogen (secondary N) is 1. The number of hydrogen-bond acceptors (Lipinski definition) is 3. The van der Waals surface area contributed by atoms with Crippen molar-refractivity contribution in [3.63, 3.8) is 0 Å². The molecule has 80 valence electrons. The minimum Gasteiger partial charge on any atom is -0.303 e. The molecule has 0 aromatic rings. The summed E-state index contributed by atoms with van der Waals surface area (Å²) in [7, 11) is 0. The number of nitriles is 1. The summed E-state index contributed by atoms with van der Waals surface area (Å²) in [5, 5.41) is 11.8. The second-order valence-electron chi connectivity index (χ2n) is 4.37. The topological polar surface area (TPSA) is 39.1 Å². The molecule has 2 unspecified atom stereocenters. The van der Waals surface area contributed by atoms with Gasteiger partial charge in [0.05, 0.1) is 12.1 Å². The van der Waals surface area contributed by atoms with E-state index in [2.05, 4.69) is 23.2 Å². The maximum atomic E-state index is 8.61. The van der Waals surface area contributed by atoms with Gasteiger partial charge in [-0.25, -0.2) is 0 Å². The molecule has 0 saturated carbocycles. The molecule has 1 heterocycles. The molecule has 0 aromatic carbocycles. The Labute approximate surface area is 87.1 Å². The first-order chi connectivity index (χ1) is 6.72. The Hall–Kier alpha value is -0.590. The first-order valence-electron chi connectivity index (χ1n) is 5.57. The van der Waals surface area contributed by atoms with Gasteiger partial charge in [-0.2, -0.15) is 5.26 Å². The largest absolute Gasteiger partial charge is 0.303 e. The zero-order chi connectivity index (χ0) is 10.4. The normalized spacial score (nSPS) is 21.8. The van der Waals surface area contributed by atoms with Gasteiger partial charge in [-0.15, -0.1) is 0 Å². The number of nitrogens with zero attached hydrogens (tertiary/aromatic N) is 2. The number of likely N-dealkylation sites (tertiary alicyclic amines) is 1. The fraction of sp³-hybridized carbons (Fsp3) is 0.909. The molecule has 0 bridgehead atoms. The maximum Gasteiger partial charge on any atom is 0.0924 e. The van der Waals surface area contributed by atoms with Crippen LogP contribution in [0.15, 0.2) is 0 Å². The van der Waals surface area contributed by atoms with Gasteiger partial charge in [0.15, 0.2) is 0 Å². The third-order valence-corrected chi connectivity index (χ3v) is 2.73. The summed E-state index contributed by atoms with van der Waals surface area (Å²) in [5.41, 5.74) is 0. The summed E-state index contributed by atoms with van der Waals surface area (Å²) in [6.45, 7) is 8.80. The van der Waals surface area contributed by atoms with E-state index >= 15 is 0 Å². The molecule has 1 aliphatic heterocycles. The van der Waals surface area contributed by atoms with E-state index in [1.807, 2.05) is 6.92 Å². The van der Waals surface area contributed by atoms with E-state index in [4.69, 9.17) is 5.26 Å². The third-order valence-electron chi connectivity index (χ3n) is 2.73. The van der Waals surface area contributed by atoms with Gasteiger partial charge in [-0.05, 0) is 38.8 Å². The molecule has 3 nitrogen and oxygen atoms in total. The SMILES string of the molecule is CC(CNC(C)C#N)CN1CCCC1. The van der Waals surface area contributed by atoms with Crippen LogP contribution < -0.4 is 5.32 Å². The standard InChI is InChI=1S/C11H21N3/c1-10(8-13-11(2)7-12)9-14-5-3-4-6-14/h10-11,13H,3-6,8-9H2,1-2H3. The second-order valence-corrected chi connectivity index (χ2v) is 4.37. The van der Waals surface area contributed by atoms with Crippen LogP contribution in [0.25, 0.3) is 0 Å². The Morgan fingerprint density at radius 2 is 2.00 bits per heavy atom. The van der Waals surface area contributed by atoms with E-state index in [0.717, 1.165) is 6.54 Å². The molecule has 1 rings (SSSR count). The summed E-state index contributed by atoms with van der Waals surface area (Å²) < 4.78 is 0. The van der Waals surface area contributed by atoms with Crippen LogP contribution in [-0.2, 0) is 0 Å². The van der Waals surface area contributed by atoms with E-state index in [9.17, 15) is 0 Å². The second kappa shape index (κ2) is 6.00. The van der Waals surface area contributed by atoms with Crippen molar-refractivity contribution in [3.8, 4) is 6.07 Å². The van der Waals surface area contributed by atoms with Gasteiger partial charge >= 0.3 is 0 Å². The highest BCUT2D eigenvalue weighted by Crippen LogP contribution is 2.09. The van der Waals surface area contributed by atoms with Gasteiger partial charge in [-0.1, -0.05) is 6.92 Å². The minimum atomic E-state index is -0.0176. The van der Waals surface area contributed by atoms with Crippen molar-refractivity contribution in [2.24, 2.45) is 5.92 Å². The van der Waals surface area contributed by atoms with Crippen molar-refractivity contribution in [2.45, 2.75) is 32.7 Å². The van der Waals surface area contributed by atoms with Crippen molar-refractivity contribution in [1.29, 1.82) is 5.26 Å². The summed E-state index contributed by atoms with van der Waals surface area (Å²) in [4.78, 5) is 2.52. The van der Waals surface area contributed by atoms with Crippen LogP contribution in [0.5, 0.6) is 0 Å². The van der Waals surface area contributed by atoms with Gasteiger partial charge in [0.2, 0.25) is 0 Å². The Balaban J connectivity index is 2.09. The number of hydrogen-bond donors (Lipinski definition) is 1. The molecule has 1 N–H and O–H groups in total. The van der Waals surface area contributed by atoms with E-state index in [-0.39, 0.29) is 6.04 Å². The molecule has 0 aliphatic carbocycles. The molecular weight excluding hydrogens is 174 g/mol. The monoisotopic (exact) mass is 195 g/mol. The maximum absolute atomic E-state index is 8.61. The van der Waals surface area contributed by atoms with Crippen LogP contribution >= 0.6 is 0 Å². The van der Waals surface area contributed by atoms with Crippen LogP contribution in [-0.4, -0.2) is 37.1 Å². The van der Waals surface area contributed by atoms with Crippen molar-refractivity contribution in [2.75, 3.05) is 26.2 Å². The highest BCUT2D eigenvalue weighted by molar-refractivity contribution is 4.85. The van der Waals surface area contributed by atoms with E-state index < -0.39 is 0 Å². The molecule has 2 atom stereocenters. The van der Waals surface area contributed by atoms with E-state index in [0.29, 0.717) is 5.92 Å². The fourth-order valence-electron chi connectivity index (χ4n) is 1.89. The first kappa shape index (κ1) is 11.5. The third kappa shape index (κ3) is 4.08. The molecule has 0 aromatic heterocycles. The van der Waals surface area contributed by atoms with Gasteiger partial charge in [0.1, 0.15) is 0 Å². The molecule has 1 aliphatic rings. The van der Waals surface area contributed by atoms with Crippen LogP contribution in [0.4, 0.5) is 0 Å². The Bertz CT molecular complexity index is 191. The van der Waals surface area contributed by atoms with E-state index in [1.54, 1.807) is 0 Å². The summed E-state index contributed by atoms with van der Waals surface area (Å²) in [6, 6.07) is 2.17. The fourth-order valence-corrected chi connectivity index (χ4v) is 1.89. The quantitative estimate of drug-likeness (QED) is 0.717. The van der Waals surface area contributed by atoms with Crippen molar-refractivity contribution in [1.82, 2.24) is 10.2 Å². The lowest BCUT2D eigenvalue weighted by atomic mass is 10.1. The minimum absolute atomic E-state index is 0.0176. The predicted molar refractivity (Wildman–Crippen MR) is 57.9 cm³/mol. The molecule has 0 spiro atoms. The highest BCUT2D eigenvalue weighted by Gasteiger charge is 2.14. The molecule has 1 saturated heterocycles. The van der Waals surface area contributed by atoms with Gasteiger partial charge < -0.3 is 10.2 Å². The molecule has 0 amide bonds. The lowest BCUT2D eigenvalue weighted by Gasteiger charge is -2.20. The lowest BCUT2D eigenvalue weighted by Crippen LogP contribution is -2.34. The lowest BCUT2D eigenvalue weighted by molar-refractivity contribution is 0.281. The zero-order valence-corrected chi connectivity index (χ0v) is 9.29. The molecule has 1 fully saturated rings. The van der Waals surface area contributed by atoms with Gasteiger partial charge in [-0.3, -0.25) is 0 Å². The smallest absolute Gasteiger partial charge is 0.0924 e. The van der Waals surface area contributed by atoms with Crippen molar-refractivity contribution < 1.29 is 0 Å². The average Bonchev–Trinajstić information content (AvgIpc) is 2.66. The van der Waals surface area contributed by atoms with Crippen LogP contribution in [0.3, 0.4) is 0 Å². The first-order valence-corrected chi connectivity index (χ1v) is 5.57. The molecule has 3 heteroatoms. The van der Waals surface area contributed by atoms with Crippen LogP contribution in [0, 0.1) is 17.2 Å². The zero-order valence-electron chi connectivity index (χ0n) is 9.29. The highest BCUT2D eigenvalue weighted by atomic mass is 15.1. The van der Waals surface area contributed by atoms with E-state index in [1.165, 1.54) is 32.5 Å². The summed E-state index contributed by atoms with van der Waals surface area (Å²) >= 11 is 0. The van der Waals surface area contributed by atoms with Crippen LogP contribution in [0.1, 0.15) is 26.7 Å². The van der Waals surface area contributed by atoms with Gasteiger partial charge in [0, 0.05) is 13.1 Å². The van der Waals surface area contributed by atoms with Crippen molar-refractivity contribution >= 4 is 0 Å². The van der Waals surface area contributed by atoms with Crippen LogP contribution in [0.2, 0.25) is 0 Å². The molecule has 0 radical (unpaired) electrons. The van der Waals surface area contributed by atoms with Crippen molar-refractivity contribution in [3.05, 3.63) is 0 Å².